The second-order valence-corrected chi connectivity index (χ2v) is 6.96. The zero-order chi connectivity index (χ0) is 22.1. The minimum absolute atomic E-state index is 0.00594. The SMILES string of the molecule is NC(=O)C(CCC(=O)Nc1ccc(N)cc1)NC(=O)C1CCC(=O)NCC(=O)CN1. The van der Waals surface area contributed by atoms with Gasteiger partial charge in [-0.25, -0.2) is 0 Å². The molecule has 2 rings (SSSR count). The number of benzene rings is 1. The van der Waals surface area contributed by atoms with Crippen molar-refractivity contribution in [2.45, 2.75) is 37.8 Å². The van der Waals surface area contributed by atoms with Crippen LogP contribution in [0, 0.1) is 0 Å². The third-order valence-corrected chi connectivity index (χ3v) is 4.52. The van der Waals surface area contributed by atoms with Crippen LogP contribution in [-0.2, 0) is 24.0 Å². The summed E-state index contributed by atoms with van der Waals surface area (Å²) in [6.07, 6.45) is 0.128. The number of nitrogens with one attached hydrogen (secondary N) is 4. The van der Waals surface area contributed by atoms with E-state index in [2.05, 4.69) is 21.3 Å². The number of hydrogen-bond donors (Lipinski definition) is 6. The number of rotatable bonds is 7. The van der Waals surface area contributed by atoms with Crippen molar-refractivity contribution in [1.82, 2.24) is 16.0 Å². The standard InChI is InChI=1S/C19H26N6O5/c20-11-1-3-12(4-2-11)24-17(28)8-5-14(18(21)29)25-19(30)15-6-7-16(27)23-10-13(26)9-22-15/h1-4,14-15,22H,5-10,20H2,(H2,21,29)(H,23,27)(H,24,28)(H,25,30). The van der Waals surface area contributed by atoms with Gasteiger partial charge >= 0.3 is 0 Å². The maximum absolute atomic E-state index is 12.5. The lowest BCUT2D eigenvalue weighted by molar-refractivity contribution is -0.129. The lowest BCUT2D eigenvalue weighted by Gasteiger charge is -2.21. The fraction of sp³-hybridized carbons (Fsp3) is 0.421. The van der Waals surface area contributed by atoms with Gasteiger partial charge in [0.2, 0.25) is 23.6 Å². The van der Waals surface area contributed by atoms with Crippen molar-refractivity contribution in [3.63, 3.8) is 0 Å². The summed E-state index contributed by atoms with van der Waals surface area (Å²) in [5.74, 6) is -2.33. The largest absolute Gasteiger partial charge is 0.399 e. The molecule has 1 aromatic rings. The molecule has 1 heterocycles. The van der Waals surface area contributed by atoms with Crippen LogP contribution in [0.1, 0.15) is 25.7 Å². The maximum Gasteiger partial charge on any atom is 0.240 e. The number of anilines is 2. The Bertz CT molecular complexity index is 790. The highest BCUT2D eigenvalue weighted by molar-refractivity contribution is 5.93. The van der Waals surface area contributed by atoms with Gasteiger partial charge in [-0.3, -0.25) is 29.3 Å². The number of amides is 4. The smallest absolute Gasteiger partial charge is 0.240 e. The summed E-state index contributed by atoms with van der Waals surface area (Å²) in [6.45, 7) is -0.198. The van der Waals surface area contributed by atoms with Crippen LogP contribution in [0.4, 0.5) is 11.4 Å². The summed E-state index contributed by atoms with van der Waals surface area (Å²) in [5.41, 5.74) is 12.1. The Hall–Kier alpha value is -3.47. The van der Waals surface area contributed by atoms with Crippen LogP contribution in [0.5, 0.6) is 0 Å². The topological polar surface area (TPSA) is 186 Å². The average molecular weight is 418 g/mol. The molecule has 2 atom stereocenters. The van der Waals surface area contributed by atoms with E-state index in [9.17, 15) is 24.0 Å². The van der Waals surface area contributed by atoms with Crippen molar-refractivity contribution in [3.05, 3.63) is 24.3 Å². The molecular formula is C19H26N6O5. The molecule has 8 N–H and O–H groups in total. The lowest BCUT2D eigenvalue weighted by atomic mass is 10.1. The van der Waals surface area contributed by atoms with E-state index >= 15 is 0 Å². The molecule has 0 bridgehead atoms. The summed E-state index contributed by atoms with van der Waals surface area (Å²) in [5, 5.41) is 10.4. The molecule has 0 aromatic heterocycles. The number of nitrogens with two attached hydrogens (primary N) is 2. The predicted molar refractivity (Wildman–Crippen MR) is 109 cm³/mol. The van der Waals surface area contributed by atoms with Crippen molar-refractivity contribution < 1.29 is 24.0 Å². The Labute approximate surface area is 173 Å². The number of carbonyl (C=O) groups is 5. The second-order valence-electron chi connectivity index (χ2n) is 6.96. The highest BCUT2D eigenvalue weighted by Gasteiger charge is 2.26. The van der Waals surface area contributed by atoms with Crippen molar-refractivity contribution in [3.8, 4) is 0 Å². The van der Waals surface area contributed by atoms with E-state index in [0.717, 1.165) is 0 Å². The van der Waals surface area contributed by atoms with Crippen molar-refractivity contribution in [2.75, 3.05) is 24.1 Å². The van der Waals surface area contributed by atoms with Gasteiger partial charge in [0.05, 0.1) is 19.1 Å². The maximum atomic E-state index is 12.5. The van der Waals surface area contributed by atoms with Crippen molar-refractivity contribution in [2.24, 2.45) is 5.73 Å². The molecule has 1 fully saturated rings. The number of Topliss-reactive ketones (excluding diaryl/α,β-unsaturated/α-hetero) is 1. The quantitative estimate of drug-likeness (QED) is 0.288. The van der Waals surface area contributed by atoms with E-state index < -0.39 is 23.9 Å². The van der Waals surface area contributed by atoms with Crippen LogP contribution >= 0.6 is 0 Å². The molecule has 4 amide bonds. The van der Waals surface area contributed by atoms with Gasteiger partial charge in [0.15, 0.2) is 5.78 Å². The van der Waals surface area contributed by atoms with E-state index in [1.165, 1.54) is 0 Å². The molecule has 162 valence electrons. The number of ketones is 1. The zero-order valence-electron chi connectivity index (χ0n) is 16.4. The summed E-state index contributed by atoms with van der Waals surface area (Å²) >= 11 is 0. The molecule has 0 aliphatic carbocycles. The molecule has 11 nitrogen and oxygen atoms in total. The van der Waals surface area contributed by atoms with Crippen molar-refractivity contribution in [1.29, 1.82) is 0 Å². The molecule has 0 radical (unpaired) electrons. The minimum atomic E-state index is -1.08. The first-order valence-electron chi connectivity index (χ1n) is 9.51. The van der Waals surface area contributed by atoms with Gasteiger partial charge in [-0.1, -0.05) is 0 Å². The normalized spacial score (nSPS) is 18.2. The van der Waals surface area contributed by atoms with Gasteiger partial charge in [-0.15, -0.1) is 0 Å². The first-order valence-corrected chi connectivity index (χ1v) is 9.51. The van der Waals surface area contributed by atoms with E-state index in [4.69, 9.17) is 11.5 Å². The first kappa shape index (κ1) is 22.8. The Balaban J connectivity index is 1.90. The van der Waals surface area contributed by atoms with Gasteiger partial charge in [-0.2, -0.15) is 0 Å². The summed E-state index contributed by atoms with van der Waals surface area (Å²) in [7, 11) is 0. The molecule has 2 unspecified atom stereocenters. The van der Waals surface area contributed by atoms with Gasteiger partial charge in [0.25, 0.3) is 0 Å². The number of primary amides is 1. The van der Waals surface area contributed by atoms with Gasteiger partial charge in [-0.05, 0) is 37.1 Å². The molecule has 1 aliphatic heterocycles. The lowest BCUT2D eigenvalue weighted by Crippen LogP contribution is -2.52. The molecule has 1 saturated heterocycles. The molecule has 0 spiro atoms. The Kier molecular flexibility index (Phi) is 8.29. The number of hydrogen-bond acceptors (Lipinski definition) is 7. The van der Waals surface area contributed by atoms with Crippen LogP contribution in [0.3, 0.4) is 0 Å². The third-order valence-electron chi connectivity index (χ3n) is 4.52. The van der Waals surface area contributed by atoms with Gasteiger partial charge in [0.1, 0.15) is 6.04 Å². The molecule has 30 heavy (non-hydrogen) atoms. The van der Waals surface area contributed by atoms with Gasteiger partial charge < -0.3 is 27.4 Å². The number of nitrogen functional groups attached to an aromatic ring is 1. The number of carbonyl (C=O) groups excluding carboxylic acids is 5. The highest BCUT2D eigenvalue weighted by Crippen LogP contribution is 2.11. The van der Waals surface area contributed by atoms with E-state index in [-0.39, 0.29) is 56.4 Å². The van der Waals surface area contributed by atoms with Crippen LogP contribution in [-0.4, -0.2) is 54.6 Å². The van der Waals surface area contributed by atoms with Gasteiger partial charge in [0, 0.05) is 24.2 Å². The van der Waals surface area contributed by atoms with Crippen LogP contribution in [0.15, 0.2) is 24.3 Å². The summed E-state index contributed by atoms with van der Waals surface area (Å²) in [4.78, 5) is 59.6. The molecule has 1 aromatic carbocycles. The molecular weight excluding hydrogens is 392 g/mol. The van der Waals surface area contributed by atoms with Crippen LogP contribution < -0.4 is 32.7 Å². The fourth-order valence-electron chi connectivity index (χ4n) is 2.81. The third kappa shape index (κ3) is 7.51. The summed E-state index contributed by atoms with van der Waals surface area (Å²) in [6, 6.07) is 4.63. The monoisotopic (exact) mass is 418 g/mol. The Morgan fingerprint density at radius 3 is 2.50 bits per heavy atom. The van der Waals surface area contributed by atoms with Crippen LogP contribution in [0.2, 0.25) is 0 Å². The average Bonchev–Trinajstić information content (AvgIpc) is 2.78. The van der Waals surface area contributed by atoms with Crippen molar-refractivity contribution >= 4 is 40.8 Å². The zero-order valence-corrected chi connectivity index (χ0v) is 16.4. The predicted octanol–water partition coefficient (Wildman–Crippen LogP) is -1.61. The van der Waals surface area contributed by atoms with E-state index in [1.54, 1.807) is 24.3 Å². The Morgan fingerprint density at radius 2 is 1.83 bits per heavy atom. The van der Waals surface area contributed by atoms with E-state index in [1.807, 2.05) is 0 Å². The van der Waals surface area contributed by atoms with E-state index in [0.29, 0.717) is 11.4 Å². The Morgan fingerprint density at radius 1 is 1.13 bits per heavy atom. The minimum Gasteiger partial charge on any atom is -0.399 e. The highest BCUT2D eigenvalue weighted by atomic mass is 16.2. The molecule has 11 heteroatoms. The summed E-state index contributed by atoms with van der Waals surface area (Å²) < 4.78 is 0. The second kappa shape index (κ2) is 10.9. The molecule has 0 saturated carbocycles. The molecule has 1 aliphatic rings. The first-order chi connectivity index (χ1) is 14.2. The van der Waals surface area contributed by atoms with Crippen LogP contribution in [0.25, 0.3) is 0 Å². The fourth-order valence-corrected chi connectivity index (χ4v) is 2.81.